The first-order chi connectivity index (χ1) is 16.9. The number of aromatic nitrogens is 2. The molecule has 1 aliphatic rings. The largest absolute Gasteiger partial charge is 0.482 e. The van der Waals surface area contributed by atoms with E-state index in [0.29, 0.717) is 32.0 Å². The van der Waals surface area contributed by atoms with Crippen molar-refractivity contribution in [3.63, 3.8) is 0 Å². The number of esters is 2. The molecule has 9 nitrogen and oxygen atoms in total. The van der Waals surface area contributed by atoms with Crippen molar-refractivity contribution in [1.29, 1.82) is 0 Å². The molecule has 0 aliphatic carbocycles. The molecule has 0 N–H and O–H groups in total. The molecule has 1 unspecified atom stereocenters. The number of allylic oxidation sites excluding steroid dienone is 1. The maximum atomic E-state index is 13.6. The maximum absolute atomic E-state index is 13.6. The highest BCUT2D eigenvalue weighted by molar-refractivity contribution is 7.07. The van der Waals surface area contributed by atoms with Gasteiger partial charge in [0.15, 0.2) is 11.4 Å². The maximum Gasteiger partial charge on any atom is 0.343 e. The Morgan fingerprint density at radius 1 is 1.17 bits per heavy atom. The number of thiazole rings is 1. The molecule has 3 heterocycles. The Morgan fingerprint density at radius 2 is 1.94 bits per heavy atom. The Hall–Kier alpha value is -4.05. The molecule has 1 aliphatic heterocycles. The van der Waals surface area contributed by atoms with Crippen molar-refractivity contribution in [2.75, 3.05) is 20.3 Å². The lowest BCUT2D eigenvalue weighted by Gasteiger charge is -2.26. The zero-order valence-electron chi connectivity index (χ0n) is 19.4. The van der Waals surface area contributed by atoms with E-state index in [2.05, 4.69) is 14.7 Å². The van der Waals surface area contributed by atoms with Crippen LogP contribution in [0.3, 0.4) is 0 Å². The molecule has 1 aromatic carbocycles. The lowest BCUT2D eigenvalue weighted by Crippen LogP contribution is -2.40. The van der Waals surface area contributed by atoms with E-state index < -0.39 is 18.0 Å². The van der Waals surface area contributed by atoms with Crippen LogP contribution in [0.15, 0.2) is 69.7 Å². The third kappa shape index (κ3) is 4.92. The number of para-hydroxylation sites is 1. The molecule has 1 atom stereocenters. The van der Waals surface area contributed by atoms with Crippen LogP contribution in [0.4, 0.5) is 0 Å². The van der Waals surface area contributed by atoms with Crippen LogP contribution < -0.4 is 19.6 Å². The number of hydrogen-bond acceptors (Lipinski definition) is 9. The Morgan fingerprint density at radius 3 is 2.66 bits per heavy atom. The molecular weight excluding hydrogens is 470 g/mol. The van der Waals surface area contributed by atoms with Crippen LogP contribution in [0.1, 0.15) is 31.1 Å². The van der Waals surface area contributed by atoms with E-state index in [1.165, 1.54) is 23.0 Å². The average Bonchev–Trinajstić information content (AvgIpc) is 3.16. The van der Waals surface area contributed by atoms with Crippen LogP contribution in [-0.2, 0) is 19.1 Å². The van der Waals surface area contributed by atoms with Gasteiger partial charge in [0.05, 0.1) is 35.2 Å². The highest BCUT2D eigenvalue weighted by Crippen LogP contribution is 2.35. The summed E-state index contributed by atoms with van der Waals surface area (Å²) in [7, 11) is 1.27. The zero-order valence-corrected chi connectivity index (χ0v) is 20.2. The van der Waals surface area contributed by atoms with Crippen molar-refractivity contribution in [3.05, 3.63) is 90.9 Å². The summed E-state index contributed by atoms with van der Waals surface area (Å²) >= 11 is 1.20. The summed E-state index contributed by atoms with van der Waals surface area (Å²) in [5.41, 5.74) is 1.46. The number of pyridine rings is 1. The topological polar surface area (TPSA) is 109 Å². The summed E-state index contributed by atoms with van der Waals surface area (Å²) in [6.07, 6.45) is 3.33. The molecule has 0 saturated carbocycles. The van der Waals surface area contributed by atoms with Crippen LogP contribution in [0.2, 0.25) is 0 Å². The van der Waals surface area contributed by atoms with E-state index in [4.69, 9.17) is 9.47 Å². The third-order valence-corrected chi connectivity index (χ3v) is 6.25. The molecule has 0 saturated heterocycles. The molecule has 0 spiro atoms. The van der Waals surface area contributed by atoms with E-state index in [1.54, 1.807) is 62.5 Å². The monoisotopic (exact) mass is 493 g/mol. The van der Waals surface area contributed by atoms with Gasteiger partial charge in [0.1, 0.15) is 11.8 Å². The minimum Gasteiger partial charge on any atom is -0.482 e. The standard InChI is InChI=1S/C25H23N3O6S/c1-4-33-24(31)21-15(2)27-25-28(23(30)19(35-25)13-16-9-7-8-12-26-16)22(21)17-10-5-6-11-18(17)34-14-20(29)32-3/h5-13,22H,4,14H2,1-3H3/b19-13+. The van der Waals surface area contributed by atoms with Gasteiger partial charge >= 0.3 is 11.9 Å². The second kappa shape index (κ2) is 10.5. The fourth-order valence-electron chi connectivity index (χ4n) is 3.71. The van der Waals surface area contributed by atoms with Crippen molar-refractivity contribution < 1.29 is 23.8 Å². The van der Waals surface area contributed by atoms with E-state index >= 15 is 0 Å². The fourth-order valence-corrected chi connectivity index (χ4v) is 4.75. The van der Waals surface area contributed by atoms with E-state index in [-0.39, 0.29) is 24.3 Å². The first-order valence-corrected chi connectivity index (χ1v) is 11.7. The SMILES string of the molecule is CCOC(=O)C1=C(C)N=c2s/c(=C/c3ccccn3)c(=O)n2C1c1ccccc1OCC(=O)OC. The molecule has 180 valence electrons. The van der Waals surface area contributed by atoms with Crippen molar-refractivity contribution >= 4 is 29.4 Å². The minimum atomic E-state index is -0.870. The van der Waals surface area contributed by atoms with Gasteiger partial charge in [-0.25, -0.2) is 14.6 Å². The number of hydrogen-bond donors (Lipinski definition) is 0. The van der Waals surface area contributed by atoms with Gasteiger partial charge < -0.3 is 14.2 Å². The van der Waals surface area contributed by atoms with Gasteiger partial charge in [-0.2, -0.15) is 0 Å². The Bertz CT molecular complexity index is 1470. The molecule has 10 heteroatoms. The molecule has 4 rings (SSSR count). The third-order valence-electron chi connectivity index (χ3n) is 5.27. The summed E-state index contributed by atoms with van der Waals surface area (Å²) in [6, 6.07) is 11.5. The lowest BCUT2D eigenvalue weighted by atomic mass is 9.95. The highest BCUT2D eigenvalue weighted by Gasteiger charge is 2.35. The number of carbonyl (C=O) groups excluding carboxylic acids is 2. The van der Waals surface area contributed by atoms with Gasteiger partial charge in [0, 0.05) is 11.8 Å². The first-order valence-electron chi connectivity index (χ1n) is 10.8. The molecule has 3 aromatic rings. The number of ether oxygens (including phenoxy) is 3. The van der Waals surface area contributed by atoms with Crippen molar-refractivity contribution in [1.82, 2.24) is 9.55 Å². The van der Waals surface area contributed by atoms with Gasteiger partial charge in [0.25, 0.3) is 5.56 Å². The summed E-state index contributed by atoms with van der Waals surface area (Å²) in [5.74, 6) is -0.810. The smallest absolute Gasteiger partial charge is 0.343 e. The predicted octanol–water partition coefficient (Wildman–Crippen LogP) is 1.75. The number of benzene rings is 1. The quantitative estimate of drug-likeness (QED) is 0.461. The van der Waals surface area contributed by atoms with Gasteiger partial charge in [-0.15, -0.1) is 0 Å². The highest BCUT2D eigenvalue weighted by atomic mass is 32.1. The Kier molecular flexibility index (Phi) is 7.21. The van der Waals surface area contributed by atoms with Crippen LogP contribution in [0.5, 0.6) is 5.75 Å². The van der Waals surface area contributed by atoms with Gasteiger partial charge in [-0.05, 0) is 38.1 Å². The molecule has 0 radical (unpaired) electrons. The van der Waals surface area contributed by atoms with Crippen LogP contribution in [-0.4, -0.2) is 41.8 Å². The van der Waals surface area contributed by atoms with Crippen molar-refractivity contribution in [2.45, 2.75) is 19.9 Å². The molecule has 35 heavy (non-hydrogen) atoms. The molecule has 2 aromatic heterocycles. The number of methoxy groups -OCH3 is 1. The molecule has 0 bridgehead atoms. The number of fused-ring (bicyclic) bond motifs is 1. The summed E-state index contributed by atoms with van der Waals surface area (Å²) in [5, 5.41) is 0. The van der Waals surface area contributed by atoms with E-state index in [9.17, 15) is 14.4 Å². The average molecular weight is 494 g/mol. The number of nitrogens with zero attached hydrogens (tertiary/aromatic N) is 3. The Labute approximate surface area is 204 Å². The molecule has 0 amide bonds. The van der Waals surface area contributed by atoms with Crippen molar-refractivity contribution in [2.24, 2.45) is 4.99 Å². The number of carbonyl (C=O) groups is 2. The fraction of sp³-hybridized carbons (Fsp3) is 0.240. The second-order valence-corrected chi connectivity index (χ2v) is 8.47. The lowest BCUT2D eigenvalue weighted by molar-refractivity contribution is -0.143. The zero-order chi connectivity index (χ0) is 24.9. The summed E-state index contributed by atoms with van der Waals surface area (Å²) in [4.78, 5) is 47.6. The van der Waals surface area contributed by atoms with E-state index in [0.717, 1.165) is 0 Å². The Balaban J connectivity index is 1.93. The van der Waals surface area contributed by atoms with Crippen LogP contribution >= 0.6 is 11.3 Å². The predicted molar refractivity (Wildman–Crippen MR) is 129 cm³/mol. The summed E-state index contributed by atoms with van der Waals surface area (Å²) < 4.78 is 17.6. The van der Waals surface area contributed by atoms with Crippen LogP contribution in [0.25, 0.3) is 6.08 Å². The molecule has 0 fully saturated rings. The molecular formula is C25H23N3O6S. The van der Waals surface area contributed by atoms with Crippen molar-refractivity contribution in [3.8, 4) is 5.75 Å². The van der Waals surface area contributed by atoms with E-state index in [1.807, 2.05) is 6.07 Å². The number of rotatable bonds is 7. The normalized spacial score (nSPS) is 15.3. The second-order valence-electron chi connectivity index (χ2n) is 7.46. The van der Waals surface area contributed by atoms with Crippen LogP contribution in [0, 0.1) is 0 Å². The van der Waals surface area contributed by atoms with Gasteiger partial charge in [-0.1, -0.05) is 35.6 Å². The minimum absolute atomic E-state index is 0.160. The first kappa shape index (κ1) is 24.1. The summed E-state index contributed by atoms with van der Waals surface area (Å²) in [6.45, 7) is 3.24. The van der Waals surface area contributed by atoms with Gasteiger partial charge in [-0.3, -0.25) is 14.3 Å². The van der Waals surface area contributed by atoms with Gasteiger partial charge in [0.2, 0.25) is 0 Å².